The molecule has 2 aromatic carbocycles. The van der Waals surface area contributed by atoms with Crippen LogP contribution >= 0.6 is 0 Å². The Balaban J connectivity index is 1.56. The third-order valence-electron chi connectivity index (χ3n) is 5.59. The molecule has 0 unspecified atom stereocenters. The Labute approximate surface area is 194 Å². The average molecular weight is 452 g/mol. The van der Waals surface area contributed by atoms with Crippen LogP contribution in [0.25, 0.3) is 33.4 Å². The molecule has 0 saturated heterocycles. The van der Waals surface area contributed by atoms with Crippen LogP contribution in [0.1, 0.15) is 22.5 Å². The van der Waals surface area contributed by atoms with E-state index in [1.165, 1.54) is 23.9 Å². The number of fused-ring (bicyclic) bond motifs is 1. The average Bonchev–Trinajstić information content (AvgIpc) is 3.58. The summed E-state index contributed by atoms with van der Waals surface area (Å²) in [6.45, 7) is 4.19. The van der Waals surface area contributed by atoms with Crippen molar-refractivity contribution >= 4 is 29.2 Å². The molecule has 0 bridgehead atoms. The summed E-state index contributed by atoms with van der Waals surface area (Å²) < 4.78 is 5.05. The van der Waals surface area contributed by atoms with Crippen LogP contribution in [-0.2, 0) is 0 Å². The number of rotatable bonds is 6. The maximum atomic E-state index is 10.7. The number of aromatic nitrogens is 3. The zero-order chi connectivity index (χ0) is 23.7. The van der Waals surface area contributed by atoms with Crippen LogP contribution in [-0.4, -0.2) is 32.5 Å². The lowest BCUT2D eigenvalue weighted by Gasteiger charge is -2.06. The summed E-state index contributed by atoms with van der Waals surface area (Å²) in [5, 5.41) is 27.2. The van der Waals surface area contributed by atoms with Gasteiger partial charge in [-0.2, -0.15) is 15.3 Å². The quantitative estimate of drug-likeness (QED) is 0.192. The largest absolute Gasteiger partial charge is 0.433 e. The lowest BCUT2D eigenvalue weighted by atomic mass is 9.96. The second kappa shape index (κ2) is 8.62. The Bertz CT molecular complexity index is 1560. The molecule has 168 valence electrons. The zero-order valence-electron chi connectivity index (χ0n) is 18.4. The van der Waals surface area contributed by atoms with E-state index in [4.69, 9.17) is 4.42 Å². The molecule has 0 aliphatic rings. The van der Waals surface area contributed by atoms with Crippen molar-refractivity contribution in [2.75, 3.05) is 0 Å². The van der Waals surface area contributed by atoms with Gasteiger partial charge in [0.2, 0.25) is 0 Å². The summed E-state index contributed by atoms with van der Waals surface area (Å²) in [4.78, 5) is 13.7. The van der Waals surface area contributed by atoms with Gasteiger partial charge in [-0.3, -0.25) is 15.2 Å². The highest BCUT2D eigenvalue weighted by Gasteiger charge is 2.20. The second-order valence-electron chi connectivity index (χ2n) is 7.81. The molecule has 0 amide bonds. The van der Waals surface area contributed by atoms with Crippen molar-refractivity contribution < 1.29 is 9.34 Å². The minimum absolute atomic E-state index is 0.240. The van der Waals surface area contributed by atoms with Crippen LogP contribution in [0.15, 0.2) is 75.4 Å². The molecule has 0 saturated carbocycles. The minimum Gasteiger partial charge on any atom is -0.400 e. The van der Waals surface area contributed by atoms with E-state index >= 15 is 0 Å². The molecule has 0 radical (unpaired) electrons. The van der Waals surface area contributed by atoms with Crippen LogP contribution in [0.4, 0.5) is 5.88 Å². The van der Waals surface area contributed by atoms with Gasteiger partial charge in [-0.05, 0) is 36.6 Å². The summed E-state index contributed by atoms with van der Waals surface area (Å²) in [6, 6.07) is 17.2. The number of aryl methyl sites for hydroxylation is 2. The van der Waals surface area contributed by atoms with Gasteiger partial charge < -0.3 is 9.40 Å². The number of H-pyrrole nitrogens is 2. The molecular weight excluding hydrogens is 432 g/mol. The Hall–Kier alpha value is -4.79. The molecule has 0 fully saturated rings. The highest BCUT2D eigenvalue weighted by Crippen LogP contribution is 2.40. The maximum absolute atomic E-state index is 10.7. The predicted octanol–water partition coefficient (Wildman–Crippen LogP) is 5.80. The minimum atomic E-state index is -0.605. The normalized spacial score (nSPS) is 11.8. The predicted molar refractivity (Wildman–Crippen MR) is 131 cm³/mol. The molecule has 2 N–H and O–H groups in total. The highest BCUT2D eigenvalue weighted by atomic mass is 16.6. The summed E-state index contributed by atoms with van der Waals surface area (Å²) in [7, 11) is 0. The number of hydrogen-bond donors (Lipinski definition) is 2. The van der Waals surface area contributed by atoms with E-state index in [0.29, 0.717) is 0 Å². The fourth-order valence-corrected chi connectivity index (χ4v) is 3.98. The van der Waals surface area contributed by atoms with Crippen molar-refractivity contribution in [3.05, 3.63) is 93.4 Å². The van der Waals surface area contributed by atoms with E-state index < -0.39 is 4.92 Å². The summed E-state index contributed by atoms with van der Waals surface area (Å²) in [5.74, 6) is -0.107. The Morgan fingerprint density at radius 1 is 0.971 bits per heavy atom. The van der Waals surface area contributed by atoms with Gasteiger partial charge >= 0.3 is 5.88 Å². The van der Waals surface area contributed by atoms with Crippen LogP contribution in [0, 0.1) is 24.0 Å². The first-order chi connectivity index (χ1) is 16.5. The monoisotopic (exact) mass is 452 g/mol. The van der Waals surface area contributed by atoms with Crippen molar-refractivity contribution in [2.45, 2.75) is 13.8 Å². The molecule has 0 spiro atoms. The standard InChI is InChI=1S/C25H20N6O3/c1-15-8-9-16(2)23-21(15)22(17-6-4-3-5-7-17)25(29-23)24-18(13-28-30-24)12-26-27-14-19-10-11-20(34-19)31(32)33/h3-14,29H,1-2H3,(H,28,30)/b26-12+,27-14+. The van der Waals surface area contributed by atoms with E-state index in [2.05, 4.69) is 63.5 Å². The summed E-state index contributed by atoms with van der Waals surface area (Å²) >= 11 is 0. The third-order valence-corrected chi connectivity index (χ3v) is 5.59. The molecule has 0 aliphatic carbocycles. The number of furan rings is 1. The van der Waals surface area contributed by atoms with Crippen molar-refractivity contribution in [3.63, 3.8) is 0 Å². The smallest absolute Gasteiger partial charge is 0.400 e. The summed E-state index contributed by atoms with van der Waals surface area (Å²) in [5.41, 5.74) is 7.99. The topological polar surface area (TPSA) is 125 Å². The molecule has 3 aromatic heterocycles. The van der Waals surface area contributed by atoms with Gasteiger partial charge in [0.1, 0.15) is 4.92 Å². The SMILES string of the molecule is Cc1ccc(C)c2c(-c3ccccc3)c(-c3[nH]ncc3/C=N/N=C/c3ccc([N+](=O)[O-])o3)[nH]c12. The number of nitrogens with zero attached hydrogens (tertiary/aromatic N) is 4. The van der Waals surface area contributed by atoms with Crippen LogP contribution in [0.2, 0.25) is 0 Å². The Kier molecular flexibility index (Phi) is 5.35. The molecule has 0 aliphatic heterocycles. The molecular formula is C25H20N6O3. The van der Waals surface area contributed by atoms with E-state index in [1.807, 2.05) is 18.2 Å². The first kappa shape index (κ1) is 21.1. The maximum Gasteiger partial charge on any atom is 0.433 e. The van der Waals surface area contributed by atoms with Gasteiger partial charge in [0.15, 0.2) is 5.76 Å². The van der Waals surface area contributed by atoms with Gasteiger partial charge in [-0.15, -0.1) is 0 Å². The fraction of sp³-hybridized carbons (Fsp3) is 0.0800. The highest BCUT2D eigenvalue weighted by molar-refractivity contribution is 6.07. The van der Waals surface area contributed by atoms with E-state index in [-0.39, 0.29) is 11.6 Å². The van der Waals surface area contributed by atoms with Gasteiger partial charge in [-0.1, -0.05) is 42.5 Å². The number of nitrogens with one attached hydrogen (secondary N) is 2. The van der Waals surface area contributed by atoms with Crippen molar-refractivity contribution in [1.29, 1.82) is 0 Å². The Morgan fingerprint density at radius 2 is 1.74 bits per heavy atom. The molecule has 9 nitrogen and oxygen atoms in total. The lowest BCUT2D eigenvalue weighted by molar-refractivity contribution is -0.402. The van der Waals surface area contributed by atoms with Gasteiger partial charge in [0.25, 0.3) is 0 Å². The van der Waals surface area contributed by atoms with Crippen molar-refractivity contribution in [1.82, 2.24) is 15.2 Å². The van der Waals surface area contributed by atoms with Crippen LogP contribution in [0.5, 0.6) is 0 Å². The fourth-order valence-electron chi connectivity index (χ4n) is 3.98. The first-order valence-electron chi connectivity index (χ1n) is 10.5. The number of hydrogen-bond acceptors (Lipinski definition) is 6. The number of aromatic amines is 2. The molecule has 0 atom stereocenters. The number of benzene rings is 2. The van der Waals surface area contributed by atoms with Gasteiger partial charge in [0.05, 0.1) is 36.1 Å². The summed E-state index contributed by atoms with van der Waals surface area (Å²) in [6.07, 6.45) is 4.56. The molecule has 9 heteroatoms. The van der Waals surface area contributed by atoms with Crippen molar-refractivity contribution in [2.24, 2.45) is 10.2 Å². The lowest BCUT2D eigenvalue weighted by Crippen LogP contribution is -1.89. The number of nitro groups is 1. The zero-order valence-corrected chi connectivity index (χ0v) is 18.4. The molecule has 5 aromatic rings. The van der Waals surface area contributed by atoms with Crippen molar-refractivity contribution in [3.8, 4) is 22.5 Å². The van der Waals surface area contributed by atoms with E-state index in [0.717, 1.165) is 44.5 Å². The molecule has 5 rings (SSSR count). The molecule has 3 heterocycles. The van der Waals surface area contributed by atoms with Crippen LogP contribution in [0.3, 0.4) is 0 Å². The van der Waals surface area contributed by atoms with Gasteiger partial charge in [-0.25, -0.2) is 0 Å². The van der Waals surface area contributed by atoms with E-state index in [1.54, 1.807) is 12.4 Å². The van der Waals surface area contributed by atoms with Gasteiger partial charge in [0, 0.05) is 22.0 Å². The first-order valence-corrected chi connectivity index (χ1v) is 10.5. The molecule has 34 heavy (non-hydrogen) atoms. The third kappa shape index (κ3) is 3.79. The Morgan fingerprint density at radius 3 is 2.50 bits per heavy atom. The second-order valence-corrected chi connectivity index (χ2v) is 7.81. The van der Waals surface area contributed by atoms with Crippen LogP contribution < -0.4 is 0 Å². The van der Waals surface area contributed by atoms with E-state index in [9.17, 15) is 10.1 Å².